The molecular weight excluding hydrogens is 753 g/mol. The van der Waals surface area contributed by atoms with Crippen molar-refractivity contribution in [1.82, 2.24) is 4.90 Å². The van der Waals surface area contributed by atoms with Crippen LogP contribution in [0.25, 0.3) is 0 Å². The molecule has 7 atom stereocenters. The highest BCUT2D eigenvalue weighted by Crippen LogP contribution is 2.54. The van der Waals surface area contributed by atoms with Crippen LogP contribution in [0.5, 0.6) is 0 Å². The zero-order valence-electron chi connectivity index (χ0n) is 39.7. The van der Waals surface area contributed by atoms with Gasteiger partial charge >= 0.3 is 0 Å². The summed E-state index contributed by atoms with van der Waals surface area (Å²) in [5.74, 6) is 0.441. The Bertz CT molecular complexity index is 2320. The highest BCUT2D eigenvalue weighted by atomic mass is 15.4. The molecule has 0 aromatic heterocycles. The van der Waals surface area contributed by atoms with Gasteiger partial charge in [-0.25, -0.2) is 0 Å². The standard InChI is InChI=1S/C58H72N4/c1-55(2,3)39-23-29-45(30-24-39)60-48-33-27-41(57(7,8)9)35-50(48)62-51-36-42(58(10,11)12)28-34-49(51)61(46-31-25-40(26-32-46)56(4,5)6)53-38-47(37-52(60)54(53)62)59(43-19-15-13-16-20-43)44-21-17-14-18-22-44/h13-35,42,47-48,50,52-54H,36-38H2,1-12H3. The second-order valence-electron chi connectivity index (χ2n) is 23.1. The molecule has 9 rings (SSSR count). The molecule has 7 unspecified atom stereocenters. The lowest BCUT2D eigenvalue weighted by molar-refractivity contribution is 0.0519. The molecule has 0 amide bonds. The number of rotatable bonds is 5. The zero-order chi connectivity index (χ0) is 43.9. The molecule has 1 saturated heterocycles. The van der Waals surface area contributed by atoms with Gasteiger partial charge in [0.1, 0.15) is 0 Å². The van der Waals surface area contributed by atoms with E-state index in [1.165, 1.54) is 50.8 Å². The first-order valence-corrected chi connectivity index (χ1v) is 23.6. The quantitative estimate of drug-likeness (QED) is 0.199. The third-order valence-electron chi connectivity index (χ3n) is 14.9. The Balaban J connectivity index is 1.30. The molecule has 5 aliphatic rings. The van der Waals surface area contributed by atoms with Gasteiger partial charge in [-0.05, 0) is 118 Å². The average molecular weight is 825 g/mol. The molecule has 2 heterocycles. The Hall–Kier alpha value is -4.96. The zero-order valence-corrected chi connectivity index (χ0v) is 39.7. The number of anilines is 4. The van der Waals surface area contributed by atoms with E-state index in [2.05, 4.69) is 242 Å². The van der Waals surface area contributed by atoms with Gasteiger partial charge in [0, 0.05) is 34.5 Å². The molecular formula is C58H72N4. The van der Waals surface area contributed by atoms with Gasteiger partial charge in [-0.1, -0.05) is 168 Å². The van der Waals surface area contributed by atoms with Crippen LogP contribution in [0.2, 0.25) is 0 Å². The summed E-state index contributed by atoms with van der Waals surface area (Å²) in [6.07, 6.45) is 15.9. The minimum absolute atomic E-state index is 0.0364. The van der Waals surface area contributed by atoms with Gasteiger partial charge in [0.15, 0.2) is 0 Å². The molecule has 0 radical (unpaired) electrons. The van der Waals surface area contributed by atoms with Crippen LogP contribution in [0.4, 0.5) is 22.7 Å². The number of para-hydroxylation sites is 2. The van der Waals surface area contributed by atoms with E-state index in [-0.39, 0.29) is 57.9 Å². The number of hydrogen-bond acceptors (Lipinski definition) is 4. The fourth-order valence-corrected chi connectivity index (χ4v) is 11.4. The highest BCUT2D eigenvalue weighted by molar-refractivity contribution is 5.67. The number of fused-ring (bicyclic) bond motifs is 3. The first-order chi connectivity index (χ1) is 29.3. The van der Waals surface area contributed by atoms with Gasteiger partial charge in [0.05, 0.1) is 35.9 Å². The average Bonchev–Trinajstić information content (AvgIpc) is 3.23. The Morgan fingerprint density at radius 3 is 1.56 bits per heavy atom. The van der Waals surface area contributed by atoms with Crippen LogP contribution in [0.15, 0.2) is 157 Å². The minimum Gasteiger partial charge on any atom is -0.357 e. The van der Waals surface area contributed by atoms with Crippen molar-refractivity contribution in [3.8, 4) is 0 Å². The lowest BCUT2D eigenvalue weighted by Gasteiger charge is -2.67. The Morgan fingerprint density at radius 2 is 1.05 bits per heavy atom. The fourth-order valence-electron chi connectivity index (χ4n) is 11.4. The summed E-state index contributed by atoms with van der Waals surface area (Å²) in [5, 5.41) is 0. The van der Waals surface area contributed by atoms with E-state index in [9.17, 15) is 0 Å². The first-order valence-electron chi connectivity index (χ1n) is 23.6. The summed E-state index contributed by atoms with van der Waals surface area (Å²) in [7, 11) is 0. The van der Waals surface area contributed by atoms with Crippen LogP contribution in [0.1, 0.15) is 113 Å². The third-order valence-corrected chi connectivity index (χ3v) is 14.9. The van der Waals surface area contributed by atoms with E-state index < -0.39 is 0 Å². The summed E-state index contributed by atoms with van der Waals surface area (Å²) in [5.41, 5.74) is 12.6. The van der Waals surface area contributed by atoms with Gasteiger partial charge in [-0.15, -0.1) is 0 Å². The van der Waals surface area contributed by atoms with Gasteiger partial charge in [-0.3, -0.25) is 0 Å². The molecule has 0 N–H and O–H groups in total. The van der Waals surface area contributed by atoms with Crippen LogP contribution in [-0.2, 0) is 10.8 Å². The van der Waals surface area contributed by atoms with E-state index in [1.807, 2.05) is 0 Å². The molecule has 4 heteroatoms. The number of nitrogens with zero attached hydrogens (tertiary/aromatic N) is 4. The van der Waals surface area contributed by atoms with Crippen molar-refractivity contribution in [3.63, 3.8) is 0 Å². The van der Waals surface area contributed by atoms with Crippen molar-refractivity contribution in [2.24, 2.45) is 16.7 Å². The fraction of sp³-hybridized carbons (Fsp3) is 0.448. The summed E-state index contributed by atoms with van der Waals surface area (Å²) in [4.78, 5) is 11.4. The number of allylic oxidation sites excluding steroid dienone is 5. The van der Waals surface area contributed by atoms with Crippen molar-refractivity contribution in [1.29, 1.82) is 0 Å². The summed E-state index contributed by atoms with van der Waals surface area (Å²) in [6.45, 7) is 28.4. The number of benzene rings is 4. The SMILES string of the molecule is CC(C)(C)C1=CC2C(C=C1)N(c1ccc(C(C)(C)C)cc1)C1CC(N(c3ccccc3)c3ccccc3)CC3C1N2C1=C(C=CC(C(C)(C)C)C1)N3c1ccc(C(C)(C)C)cc1. The highest BCUT2D eigenvalue weighted by Gasteiger charge is 2.59. The molecule has 2 aliphatic heterocycles. The van der Waals surface area contributed by atoms with Crippen molar-refractivity contribution >= 4 is 22.7 Å². The second-order valence-corrected chi connectivity index (χ2v) is 23.1. The van der Waals surface area contributed by atoms with E-state index in [4.69, 9.17) is 0 Å². The van der Waals surface area contributed by atoms with Crippen molar-refractivity contribution in [2.45, 2.75) is 149 Å². The molecule has 4 aromatic rings. The monoisotopic (exact) mass is 825 g/mol. The number of piperazine rings is 1. The van der Waals surface area contributed by atoms with Gasteiger partial charge in [0.25, 0.3) is 0 Å². The molecule has 62 heavy (non-hydrogen) atoms. The second kappa shape index (κ2) is 15.4. The van der Waals surface area contributed by atoms with Crippen LogP contribution < -0.4 is 14.7 Å². The van der Waals surface area contributed by atoms with Crippen LogP contribution in [-0.4, -0.2) is 41.2 Å². The van der Waals surface area contributed by atoms with Gasteiger partial charge in [-0.2, -0.15) is 0 Å². The Labute approximate surface area is 374 Å². The molecule has 0 spiro atoms. The van der Waals surface area contributed by atoms with Crippen LogP contribution in [0, 0.1) is 16.7 Å². The maximum absolute atomic E-state index is 3.01. The summed E-state index contributed by atoms with van der Waals surface area (Å²) >= 11 is 0. The Morgan fingerprint density at radius 1 is 0.516 bits per heavy atom. The van der Waals surface area contributed by atoms with E-state index >= 15 is 0 Å². The van der Waals surface area contributed by atoms with Crippen molar-refractivity contribution in [2.75, 3.05) is 14.7 Å². The van der Waals surface area contributed by atoms with Crippen molar-refractivity contribution in [3.05, 3.63) is 168 Å². The van der Waals surface area contributed by atoms with E-state index in [0.717, 1.165) is 19.3 Å². The molecule has 2 fully saturated rings. The lowest BCUT2D eigenvalue weighted by atomic mass is 9.69. The maximum atomic E-state index is 3.01. The predicted octanol–water partition coefficient (Wildman–Crippen LogP) is 14.1. The lowest BCUT2D eigenvalue weighted by Crippen LogP contribution is -2.77. The summed E-state index contributed by atoms with van der Waals surface area (Å²) < 4.78 is 0. The van der Waals surface area contributed by atoms with Crippen molar-refractivity contribution < 1.29 is 0 Å². The van der Waals surface area contributed by atoms with Crippen LogP contribution in [0.3, 0.4) is 0 Å². The van der Waals surface area contributed by atoms with Gasteiger partial charge in [0.2, 0.25) is 0 Å². The molecule has 4 nitrogen and oxygen atoms in total. The normalized spacial score (nSPS) is 26.2. The third kappa shape index (κ3) is 7.64. The van der Waals surface area contributed by atoms with Crippen LogP contribution >= 0.6 is 0 Å². The van der Waals surface area contributed by atoms with E-state index in [0.29, 0.717) is 5.92 Å². The first kappa shape index (κ1) is 42.3. The molecule has 3 aliphatic carbocycles. The molecule has 0 bridgehead atoms. The van der Waals surface area contributed by atoms with Gasteiger partial charge < -0.3 is 19.6 Å². The topological polar surface area (TPSA) is 13.0 Å². The summed E-state index contributed by atoms with van der Waals surface area (Å²) in [6, 6.07) is 43.1. The largest absolute Gasteiger partial charge is 0.357 e. The maximum Gasteiger partial charge on any atom is 0.0721 e. The predicted molar refractivity (Wildman–Crippen MR) is 264 cm³/mol. The molecule has 324 valence electrons. The number of hydrogen-bond donors (Lipinski definition) is 0. The molecule has 4 aromatic carbocycles. The van der Waals surface area contributed by atoms with E-state index in [1.54, 1.807) is 0 Å². The smallest absolute Gasteiger partial charge is 0.0721 e. The minimum atomic E-state index is 0.0364. The Kier molecular flexibility index (Phi) is 10.5. The molecule has 1 saturated carbocycles.